The van der Waals surface area contributed by atoms with Crippen LogP contribution in [0.3, 0.4) is 0 Å². The number of hydrogen-bond acceptors (Lipinski definition) is 2. The summed E-state index contributed by atoms with van der Waals surface area (Å²) in [4.78, 5) is 22.9. The van der Waals surface area contributed by atoms with E-state index in [1.54, 1.807) is 0 Å². The zero-order valence-electron chi connectivity index (χ0n) is 10.1. The largest absolute Gasteiger partial charge is 0.481 e. The Morgan fingerprint density at radius 3 is 2.65 bits per heavy atom. The Bertz CT molecular complexity index is 332. The highest BCUT2D eigenvalue weighted by Crippen LogP contribution is 2.36. The first-order chi connectivity index (χ1) is 8.06. The molecule has 0 saturated heterocycles. The molecule has 4 heteroatoms. The van der Waals surface area contributed by atoms with Crippen LogP contribution >= 0.6 is 0 Å². The normalized spacial score (nSPS) is 27.4. The molecule has 17 heavy (non-hydrogen) atoms. The minimum Gasteiger partial charge on any atom is -0.481 e. The van der Waals surface area contributed by atoms with E-state index in [1.165, 1.54) is 0 Å². The summed E-state index contributed by atoms with van der Waals surface area (Å²) in [6.07, 6.45) is 7.73. The number of carboxylic acid groups (broad SMARTS) is 1. The number of carbonyl (C=O) groups excluding carboxylic acids is 1. The van der Waals surface area contributed by atoms with Crippen molar-refractivity contribution in [1.29, 1.82) is 0 Å². The van der Waals surface area contributed by atoms with E-state index in [4.69, 9.17) is 11.5 Å². The van der Waals surface area contributed by atoms with Crippen molar-refractivity contribution in [2.45, 2.75) is 32.6 Å². The summed E-state index contributed by atoms with van der Waals surface area (Å²) in [5.41, 5.74) is 0. The Kier molecular flexibility index (Phi) is 5.02. The molecule has 4 nitrogen and oxygen atoms in total. The molecule has 1 amide bonds. The van der Waals surface area contributed by atoms with Crippen LogP contribution in [0.25, 0.3) is 0 Å². The summed E-state index contributed by atoms with van der Waals surface area (Å²) in [5, 5.41) is 11.8. The molecule has 0 aromatic carbocycles. The van der Waals surface area contributed by atoms with Gasteiger partial charge in [0.15, 0.2) is 0 Å². The van der Waals surface area contributed by atoms with Crippen molar-refractivity contribution in [2.75, 3.05) is 6.54 Å². The molecule has 0 radical (unpaired) electrons. The molecule has 1 saturated carbocycles. The smallest absolute Gasteiger partial charge is 0.307 e. The molecule has 2 N–H and O–H groups in total. The van der Waals surface area contributed by atoms with Crippen molar-refractivity contribution < 1.29 is 14.7 Å². The molecular formula is C13H19NO3. The predicted molar refractivity (Wildman–Crippen MR) is 64.1 cm³/mol. The topological polar surface area (TPSA) is 66.4 Å². The Morgan fingerprint density at radius 1 is 1.41 bits per heavy atom. The fraction of sp³-hybridized carbons (Fsp3) is 0.692. The van der Waals surface area contributed by atoms with Gasteiger partial charge in [0.1, 0.15) is 0 Å². The predicted octanol–water partition coefficient (Wildman–Crippen LogP) is 1.26. The van der Waals surface area contributed by atoms with Gasteiger partial charge in [-0.2, -0.15) is 0 Å². The van der Waals surface area contributed by atoms with Crippen molar-refractivity contribution in [3.05, 3.63) is 0 Å². The van der Waals surface area contributed by atoms with E-state index in [1.807, 2.05) is 6.92 Å². The second-order valence-electron chi connectivity index (χ2n) is 4.73. The maximum atomic E-state index is 11.8. The SMILES string of the molecule is C#CCCCNC(=O)[C@H]1CC(C)C[C@H]1C(=O)O. The van der Waals surface area contributed by atoms with Crippen molar-refractivity contribution in [1.82, 2.24) is 5.32 Å². The molecule has 0 aliphatic heterocycles. The van der Waals surface area contributed by atoms with E-state index in [-0.39, 0.29) is 11.8 Å². The van der Waals surface area contributed by atoms with E-state index >= 15 is 0 Å². The fourth-order valence-corrected chi connectivity index (χ4v) is 2.39. The number of unbranched alkanes of at least 4 members (excludes halogenated alkanes) is 1. The number of amides is 1. The zero-order valence-corrected chi connectivity index (χ0v) is 10.1. The van der Waals surface area contributed by atoms with E-state index in [9.17, 15) is 9.59 Å². The molecule has 94 valence electrons. The van der Waals surface area contributed by atoms with Crippen molar-refractivity contribution in [2.24, 2.45) is 17.8 Å². The highest BCUT2D eigenvalue weighted by Gasteiger charge is 2.40. The molecule has 0 bridgehead atoms. The van der Waals surface area contributed by atoms with E-state index < -0.39 is 11.9 Å². The molecule has 1 rings (SSSR count). The van der Waals surface area contributed by atoms with Gasteiger partial charge in [0, 0.05) is 13.0 Å². The third kappa shape index (κ3) is 3.77. The van der Waals surface area contributed by atoms with Gasteiger partial charge in [-0.25, -0.2) is 0 Å². The van der Waals surface area contributed by atoms with Crippen LogP contribution in [0.4, 0.5) is 0 Å². The monoisotopic (exact) mass is 237 g/mol. The van der Waals surface area contributed by atoms with Crippen LogP contribution in [-0.4, -0.2) is 23.5 Å². The Morgan fingerprint density at radius 2 is 2.06 bits per heavy atom. The third-order valence-electron chi connectivity index (χ3n) is 3.25. The minimum absolute atomic E-state index is 0.140. The van der Waals surface area contributed by atoms with Crippen LogP contribution in [0, 0.1) is 30.1 Å². The molecule has 0 spiro atoms. The fourth-order valence-electron chi connectivity index (χ4n) is 2.39. The summed E-state index contributed by atoms with van der Waals surface area (Å²) < 4.78 is 0. The summed E-state index contributed by atoms with van der Waals surface area (Å²) in [6.45, 7) is 2.52. The summed E-state index contributed by atoms with van der Waals surface area (Å²) >= 11 is 0. The van der Waals surface area contributed by atoms with Crippen LogP contribution in [0.1, 0.15) is 32.6 Å². The number of rotatable bonds is 5. The van der Waals surface area contributed by atoms with Gasteiger partial charge in [-0.3, -0.25) is 9.59 Å². The molecule has 0 aromatic rings. The van der Waals surface area contributed by atoms with Gasteiger partial charge in [-0.05, 0) is 25.2 Å². The molecule has 1 aliphatic rings. The number of carboxylic acids is 1. The van der Waals surface area contributed by atoms with E-state index in [2.05, 4.69) is 11.2 Å². The van der Waals surface area contributed by atoms with Crippen molar-refractivity contribution in [3.63, 3.8) is 0 Å². The quantitative estimate of drug-likeness (QED) is 0.559. The Balaban J connectivity index is 2.44. The maximum Gasteiger partial charge on any atom is 0.307 e. The molecule has 1 aliphatic carbocycles. The minimum atomic E-state index is -0.863. The number of carbonyl (C=O) groups is 2. The first kappa shape index (κ1) is 13.6. The van der Waals surface area contributed by atoms with Gasteiger partial charge < -0.3 is 10.4 Å². The zero-order chi connectivity index (χ0) is 12.8. The lowest BCUT2D eigenvalue weighted by atomic mass is 9.95. The van der Waals surface area contributed by atoms with Crippen LogP contribution < -0.4 is 5.32 Å². The van der Waals surface area contributed by atoms with Gasteiger partial charge in [0.05, 0.1) is 11.8 Å². The van der Waals surface area contributed by atoms with Crippen molar-refractivity contribution in [3.8, 4) is 12.3 Å². The average Bonchev–Trinajstić information content (AvgIpc) is 2.66. The highest BCUT2D eigenvalue weighted by atomic mass is 16.4. The van der Waals surface area contributed by atoms with Crippen LogP contribution in [-0.2, 0) is 9.59 Å². The van der Waals surface area contributed by atoms with Crippen molar-refractivity contribution >= 4 is 11.9 Å². The number of hydrogen-bond donors (Lipinski definition) is 2. The van der Waals surface area contributed by atoms with Crippen LogP contribution in [0.15, 0.2) is 0 Å². The first-order valence-corrected chi connectivity index (χ1v) is 6.00. The molecular weight excluding hydrogens is 218 g/mol. The molecule has 0 heterocycles. The molecule has 1 unspecified atom stereocenters. The number of aliphatic carboxylic acids is 1. The summed E-state index contributed by atoms with van der Waals surface area (Å²) in [5.74, 6) is 0.889. The summed E-state index contributed by atoms with van der Waals surface area (Å²) in [7, 11) is 0. The van der Waals surface area contributed by atoms with E-state index in [0.29, 0.717) is 31.7 Å². The number of terminal acetylenes is 1. The summed E-state index contributed by atoms with van der Waals surface area (Å²) in [6, 6.07) is 0. The molecule has 1 fully saturated rings. The van der Waals surface area contributed by atoms with E-state index in [0.717, 1.165) is 6.42 Å². The second-order valence-corrected chi connectivity index (χ2v) is 4.73. The second kappa shape index (κ2) is 6.29. The van der Waals surface area contributed by atoms with Gasteiger partial charge >= 0.3 is 5.97 Å². The first-order valence-electron chi connectivity index (χ1n) is 6.00. The lowest BCUT2D eigenvalue weighted by Crippen LogP contribution is -2.35. The third-order valence-corrected chi connectivity index (χ3v) is 3.25. The Hall–Kier alpha value is -1.50. The lowest BCUT2D eigenvalue weighted by molar-refractivity contribution is -0.146. The maximum absolute atomic E-state index is 11.8. The highest BCUT2D eigenvalue weighted by molar-refractivity contribution is 5.85. The van der Waals surface area contributed by atoms with Crippen LogP contribution in [0.5, 0.6) is 0 Å². The lowest BCUT2D eigenvalue weighted by Gasteiger charge is -2.15. The van der Waals surface area contributed by atoms with Gasteiger partial charge in [-0.1, -0.05) is 6.92 Å². The average molecular weight is 237 g/mol. The number of nitrogens with one attached hydrogen (secondary N) is 1. The Labute approximate surface area is 102 Å². The van der Waals surface area contributed by atoms with Gasteiger partial charge in [-0.15, -0.1) is 12.3 Å². The molecule has 3 atom stereocenters. The van der Waals surface area contributed by atoms with Gasteiger partial charge in [0.25, 0.3) is 0 Å². The standard InChI is InChI=1S/C13H19NO3/c1-3-4-5-6-14-12(15)10-7-9(2)8-11(10)13(16)17/h1,9-11H,4-8H2,2H3,(H,14,15)(H,16,17)/t9?,10-,11+/m0/s1. The van der Waals surface area contributed by atoms with Gasteiger partial charge in [0.2, 0.25) is 5.91 Å². The van der Waals surface area contributed by atoms with Crippen LogP contribution in [0.2, 0.25) is 0 Å². The molecule has 0 aromatic heterocycles.